The van der Waals surface area contributed by atoms with Crippen molar-refractivity contribution in [3.63, 3.8) is 0 Å². The van der Waals surface area contributed by atoms with Crippen LogP contribution in [-0.2, 0) is 6.42 Å². The summed E-state index contributed by atoms with van der Waals surface area (Å²) < 4.78 is 7.03. The van der Waals surface area contributed by atoms with E-state index in [9.17, 15) is 5.11 Å². The van der Waals surface area contributed by atoms with Crippen LogP contribution in [0.25, 0.3) is 5.65 Å². The fourth-order valence-corrected chi connectivity index (χ4v) is 2.00. The number of benzene rings is 1. The van der Waals surface area contributed by atoms with Crippen LogP contribution in [0.5, 0.6) is 11.5 Å². The van der Waals surface area contributed by atoms with Gasteiger partial charge in [-0.2, -0.15) is 0 Å². The second-order valence-electron chi connectivity index (χ2n) is 4.22. The van der Waals surface area contributed by atoms with Gasteiger partial charge < -0.3 is 9.84 Å². The van der Waals surface area contributed by atoms with E-state index in [0.717, 1.165) is 22.8 Å². The van der Waals surface area contributed by atoms with Crippen molar-refractivity contribution in [2.45, 2.75) is 6.42 Å². The molecule has 1 aromatic carbocycles. The van der Waals surface area contributed by atoms with Crippen LogP contribution in [0.3, 0.4) is 0 Å². The number of aromatic hydroxyl groups is 1. The summed E-state index contributed by atoms with van der Waals surface area (Å²) >= 11 is 0. The second-order valence-corrected chi connectivity index (χ2v) is 4.22. The Bertz CT molecular complexity index is 722. The standard InChI is InChI=1S/C14H13N3O2/c1-19-11-6-7-17-13(15-16-14(17)9-11)8-10-4-2-3-5-12(10)18/h2-7,9,18H,8H2,1H3. The first kappa shape index (κ1) is 11.5. The topological polar surface area (TPSA) is 59.7 Å². The van der Waals surface area contributed by atoms with Gasteiger partial charge in [-0.3, -0.25) is 4.40 Å². The van der Waals surface area contributed by atoms with Gasteiger partial charge in [-0.15, -0.1) is 10.2 Å². The zero-order valence-corrected chi connectivity index (χ0v) is 10.4. The summed E-state index contributed by atoms with van der Waals surface area (Å²) in [5, 5.41) is 18.0. The quantitative estimate of drug-likeness (QED) is 0.778. The smallest absolute Gasteiger partial charge is 0.164 e. The van der Waals surface area contributed by atoms with E-state index in [1.165, 1.54) is 0 Å². The molecule has 1 N–H and O–H groups in total. The number of rotatable bonds is 3. The van der Waals surface area contributed by atoms with Crippen molar-refractivity contribution in [1.29, 1.82) is 0 Å². The highest BCUT2D eigenvalue weighted by Crippen LogP contribution is 2.20. The molecule has 3 aromatic rings. The van der Waals surface area contributed by atoms with Crippen molar-refractivity contribution in [1.82, 2.24) is 14.6 Å². The predicted molar refractivity (Wildman–Crippen MR) is 70.5 cm³/mol. The van der Waals surface area contributed by atoms with Crippen LogP contribution in [0.15, 0.2) is 42.6 Å². The van der Waals surface area contributed by atoms with Crippen LogP contribution < -0.4 is 4.74 Å². The minimum atomic E-state index is 0.271. The molecule has 0 saturated carbocycles. The Kier molecular flexibility index (Phi) is 2.79. The van der Waals surface area contributed by atoms with Gasteiger partial charge in [0.2, 0.25) is 0 Å². The molecule has 5 heteroatoms. The van der Waals surface area contributed by atoms with E-state index in [4.69, 9.17) is 4.74 Å². The van der Waals surface area contributed by atoms with E-state index in [2.05, 4.69) is 10.2 Å². The van der Waals surface area contributed by atoms with E-state index < -0.39 is 0 Å². The summed E-state index contributed by atoms with van der Waals surface area (Å²) in [4.78, 5) is 0. The highest BCUT2D eigenvalue weighted by molar-refractivity contribution is 5.45. The van der Waals surface area contributed by atoms with Crippen LogP contribution in [0.1, 0.15) is 11.4 Å². The first-order valence-corrected chi connectivity index (χ1v) is 5.92. The number of hydrogen-bond donors (Lipinski definition) is 1. The molecule has 2 heterocycles. The van der Waals surface area contributed by atoms with Crippen molar-refractivity contribution >= 4 is 5.65 Å². The molecule has 0 aliphatic heterocycles. The molecule has 0 aliphatic rings. The number of aromatic nitrogens is 3. The van der Waals surface area contributed by atoms with Crippen LogP contribution in [0.4, 0.5) is 0 Å². The Hall–Kier alpha value is -2.56. The zero-order valence-electron chi connectivity index (χ0n) is 10.4. The molecule has 5 nitrogen and oxygen atoms in total. The molecular formula is C14H13N3O2. The SMILES string of the molecule is COc1ccn2c(Cc3ccccc3O)nnc2c1. The number of fused-ring (bicyclic) bond motifs is 1. The maximum Gasteiger partial charge on any atom is 0.164 e. The van der Waals surface area contributed by atoms with Gasteiger partial charge in [-0.05, 0) is 12.1 Å². The molecule has 0 radical (unpaired) electrons. The highest BCUT2D eigenvalue weighted by atomic mass is 16.5. The molecule has 96 valence electrons. The Morgan fingerprint density at radius 3 is 2.84 bits per heavy atom. The third-order valence-corrected chi connectivity index (χ3v) is 3.03. The number of methoxy groups -OCH3 is 1. The number of phenolic OH excluding ortho intramolecular Hbond substituents is 1. The molecular weight excluding hydrogens is 242 g/mol. The van der Waals surface area contributed by atoms with Gasteiger partial charge >= 0.3 is 0 Å². The van der Waals surface area contributed by atoms with E-state index in [-0.39, 0.29) is 5.75 Å². The molecule has 2 aromatic heterocycles. The van der Waals surface area contributed by atoms with Gasteiger partial charge in [-0.1, -0.05) is 18.2 Å². The molecule has 0 bridgehead atoms. The van der Waals surface area contributed by atoms with Crippen molar-refractivity contribution in [2.24, 2.45) is 0 Å². The fraction of sp³-hybridized carbons (Fsp3) is 0.143. The maximum absolute atomic E-state index is 9.79. The molecule has 0 spiro atoms. The number of phenols is 1. The second kappa shape index (κ2) is 4.61. The Morgan fingerprint density at radius 2 is 2.05 bits per heavy atom. The lowest BCUT2D eigenvalue weighted by Crippen LogP contribution is -1.97. The van der Waals surface area contributed by atoms with Gasteiger partial charge in [0.05, 0.1) is 7.11 Å². The normalized spacial score (nSPS) is 10.8. The Balaban J connectivity index is 2.00. The van der Waals surface area contributed by atoms with Crippen LogP contribution >= 0.6 is 0 Å². The van der Waals surface area contributed by atoms with Crippen LogP contribution in [0, 0.1) is 0 Å². The highest BCUT2D eigenvalue weighted by Gasteiger charge is 2.09. The Morgan fingerprint density at radius 1 is 1.21 bits per heavy atom. The van der Waals surface area contributed by atoms with Gasteiger partial charge in [0, 0.05) is 24.2 Å². The zero-order chi connectivity index (χ0) is 13.2. The van der Waals surface area contributed by atoms with Gasteiger partial charge in [0.15, 0.2) is 5.65 Å². The lowest BCUT2D eigenvalue weighted by atomic mass is 10.1. The summed E-state index contributed by atoms with van der Waals surface area (Å²) in [6, 6.07) is 10.9. The lowest BCUT2D eigenvalue weighted by Gasteiger charge is -2.04. The summed E-state index contributed by atoms with van der Waals surface area (Å²) in [6.07, 6.45) is 2.39. The number of para-hydroxylation sites is 1. The lowest BCUT2D eigenvalue weighted by molar-refractivity contribution is 0.414. The molecule has 19 heavy (non-hydrogen) atoms. The molecule has 0 atom stereocenters. The summed E-state index contributed by atoms with van der Waals surface area (Å²) in [7, 11) is 1.62. The maximum atomic E-state index is 9.79. The van der Waals surface area contributed by atoms with Crippen molar-refractivity contribution < 1.29 is 9.84 Å². The minimum absolute atomic E-state index is 0.271. The summed E-state index contributed by atoms with van der Waals surface area (Å²) in [5.41, 5.74) is 1.55. The van der Waals surface area contributed by atoms with E-state index in [1.807, 2.05) is 34.9 Å². The molecule has 0 amide bonds. The van der Waals surface area contributed by atoms with E-state index in [1.54, 1.807) is 19.2 Å². The number of ether oxygens (including phenoxy) is 1. The predicted octanol–water partition coefficient (Wildman–Crippen LogP) is 2.03. The largest absolute Gasteiger partial charge is 0.508 e. The van der Waals surface area contributed by atoms with Gasteiger partial charge in [-0.25, -0.2) is 0 Å². The number of nitrogens with zero attached hydrogens (tertiary/aromatic N) is 3. The third-order valence-electron chi connectivity index (χ3n) is 3.03. The summed E-state index contributed by atoms with van der Waals surface area (Å²) in [6.45, 7) is 0. The first-order chi connectivity index (χ1) is 9.28. The van der Waals surface area contributed by atoms with Crippen LogP contribution in [-0.4, -0.2) is 26.8 Å². The first-order valence-electron chi connectivity index (χ1n) is 5.92. The summed E-state index contributed by atoms with van der Waals surface area (Å²) in [5.74, 6) is 1.79. The molecule has 0 saturated heterocycles. The van der Waals surface area contributed by atoms with Crippen molar-refractivity contribution in [2.75, 3.05) is 7.11 Å². The number of hydrogen-bond acceptors (Lipinski definition) is 4. The minimum Gasteiger partial charge on any atom is -0.508 e. The van der Waals surface area contributed by atoms with Gasteiger partial charge in [0.1, 0.15) is 17.3 Å². The molecule has 0 fully saturated rings. The van der Waals surface area contributed by atoms with Gasteiger partial charge in [0.25, 0.3) is 0 Å². The number of pyridine rings is 1. The monoisotopic (exact) mass is 255 g/mol. The van der Waals surface area contributed by atoms with E-state index in [0.29, 0.717) is 6.42 Å². The van der Waals surface area contributed by atoms with Crippen molar-refractivity contribution in [3.05, 3.63) is 54.0 Å². The van der Waals surface area contributed by atoms with Crippen LogP contribution in [0.2, 0.25) is 0 Å². The Labute approximate surface area is 110 Å². The third kappa shape index (κ3) is 2.10. The van der Waals surface area contributed by atoms with E-state index >= 15 is 0 Å². The molecule has 0 unspecified atom stereocenters. The molecule has 3 rings (SSSR count). The van der Waals surface area contributed by atoms with Crippen molar-refractivity contribution in [3.8, 4) is 11.5 Å². The molecule has 0 aliphatic carbocycles. The average Bonchev–Trinajstić information content (AvgIpc) is 2.83. The fourth-order valence-electron chi connectivity index (χ4n) is 2.00. The average molecular weight is 255 g/mol.